The molecule has 0 fully saturated rings. The third-order valence-electron chi connectivity index (χ3n) is 2.88. The van der Waals surface area contributed by atoms with Gasteiger partial charge in [-0.05, 0) is 24.3 Å². The molecule has 0 radical (unpaired) electrons. The molecule has 1 aromatic carbocycles. The lowest BCUT2D eigenvalue weighted by atomic mass is 10.1. The van der Waals surface area contributed by atoms with Gasteiger partial charge >= 0.3 is 5.97 Å². The number of carbonyl (C=O) groups is 1. The SMILES string of the molecule is COC(=O)C(N)Cc1cccc(-c2ccc(Cl)cc2)n1. The smallest absolute Gasteiger partial charge is 0.323 e. The second-order valence-corrected chi connectivity index (χ2v) is 4.79. The first-order valence-corrected chi connectivity index (χ1v) is 6.53. The summed E-state index contributed by atoms with van der Waals surface area (Å²) in [5.41, 5.74) is 8.26. The number of halogens is 1. The molecule has 2 aromatic rings. The molecule has 2 rings (SSSR count). The highest BCUT2D eigenvalue weighted by Crippen LogP contribution is 2.20. The number of aromatic nitrogens is 1. The molecule has 0 aliphatic rings. The molecule has 1 aromatic heterocycles. The fraction of sp³-hybridized carbons (Fsp3) is 0.200. The molecule has 1 unspecified atom stereocenters. The third kappa shape index (κ3) is 3.56. The number of nitrogens with zero attached hydrogens (tertiary/aromatic N) is 1. The number of ether oxygens (including phenoxy) is 1. The predicted octanol–water partition coefficient (Wildman–Crippen LogP) is 2.44. The van der Waals surface area contributed by atoms with Crippen LogP contribution in [0.5, 0.6) is 0 Å². The lowest BCUT2D eigenvalue weighted by molar-refractivity contribution is -0.142. The average molecular weight is 291 g/mol. The van der Waals surface area contributed by atoms with E-state index in [2.05, 4.69) is 9.72 Å². The number of methoxy groups -OCH3 is 1. The van der Waals surface area contributed by atoms with Crippen LogP contribution in [0.2, 0.25) is 5.02 Å². The summed E-state index contributed by atoms with van der Waals surface area (Å²) in [5.74, 6) is -0.441. The summed E-state index contributed by atoms with van der Waals surface area (Å²) >= 11 is 5.86. The van der Waals surface area contributed by atoms with Gasteiger partial charge in [-0.1, -0.05) is 29.8 Å². The van der Waals surface area contributed by atoms with E-state index in [0.29, 0.717) is 11.4 Å². The summed E-state index contributed by atoms with van der Waals surface area (Å²) in [6, 6.07) is 12.3. The molecule has 0 saturated carbocycles. The monoisotopic (exact) mass is 290 g/mol. The van der Waals surface area contributed by atoms with Crippen molar-refractivity contribution < 1.29 is 9.53 Å². The normalized spacial score (nSPS) is 11.9. The van der Waals surface area contributed by atoms with E-state index in [1.54, 1.807) is 0 Å². The van der Waals surface area contributed by atoms with Crippen LogP contribution in [-0.2, 0) is 16.0 Å². The molecule has 4 nitrogen and oxygen atoms in total. The van der Waals surface area contributed by atoms with E-state index in [9.17, 15) is 4.79 Å². The molecule has 5 heteroatoms. The molecule has 0 aliphatic carbocycles. The van der Waals surface area contributed by atoms with Gasteiger partial charge in [0.05, 0.1) is 12.8 Å². The van der Waals surface area contributed by atoms with E-state index >= 15 is 0 Å². The van der Waals surface area contributed by atoms with Crippen LogP contribution in [0.25, 0.3) is 11.3 Å². The average Bonchev–Trinajstić information content (AvgIpc) is 2.47. The Hall–Kier alpha value is -1.91. The van der Waals surface area contributed by atoms with E-state index in [1.165, 1.54) is 7.11 Å². The molecular weight excluding hydrogens is 276 g/mol. The molecule has 0 bridgehead atoms. The van der Waals surface area contributed by atoms with Crippen molar-refractivity contribution in [2.45, 2.75) is 12.5 Å². The molecule has 1 atom stereocenters. The molecule has 1 heterocycles. The summed E-state index contributed by atoms with van der Waals surface area (Å²) in [5, 5.41) is 0.678. The molecule has 0 aliphatic heterocycles. The summed E-state index contributed by atoms with van der Waals surface area (Å²) in [4.78, 5) is 15.8. The van der Waals surface area contributed by atoms with Crippen LogP contribution < -0.4 is 5.73 Å². The Labute approximate surface area is 122 Å². The number of esters is 1. The van der Waals surface area contributed by atoms with Gasteiger partial charge in [0.15, 0.2) is 0 Å². The Bertz CT molecular complexity index is 599. The van der Waals surface area contributed by atoms with Gasteiger partial charge in [-0.25, -0.2) is 0 Å². The molecule has 20 heavy (non-hydrogen) atoms. The van der Waals surface area contributed by atoms with Crippen LogP contribution in [0, 0.1) is 0 Å². The Kier molecular flexibility index (Phi) is 4.71. The minimum absolute atomic E-state index is 0.341. The first-order chi connectivity index (χ1) is 9.60. The summed E-state index contributed by atoms with van der Waals surface area (Å²) in [6.45, 7) is 0. The quantitative estimate of drug-likeness (QED) is 0.879. The fourth-order valence-electron chi connectivity index (χ4n) is 1.83. The van der Waals surface area contributed by atoms with Crippen molar-refractivity contribution in [3.63, 3.8) is 0 Å². The maximum Gasteiger partial charge on any atom is 0.323 e. The van der Waals surface area contributed by atoms with Crippen molar-refractivity contribution in [1.82, 2.24) is 4.98 Å². The summed E-state index contributed by atoms with van der Waals surface area (Å²) < 4.78 is 4.61. The predicted molar refractivity (Wildman–Crippen MR) is 78.4 cm³/mol. The van der Waals surface area contributed by atoms with Crippen molar-refractivity contribution >= 4 is 17.6 Å². The van der Waals surface area contributed by atoms with Crippen molar-refractivity contribution in [1.29, 1.82) is 0 Å². The van der Waals surface area contributed by atoms with Crippen molar-refractivity contribution in [3.05, 3.63) is 53.2 Å². The number of hydrogen-bond donors (Lipinski definition) is 1. The van der Waals surface area contributed by atoms with Gasteiger partial charge < -0.3 is 10.5 Å². The number of carbonyl (C=O) groups excluding carboxylic acids is 1. The Balaban J connectivity index is 2.20. The third-order valence-corrected chi connectivity index (χ3v) is 3.13. The Morgan fingerprint density at radius 2 is 2.00 bits per heavy atom. The minimum atomic E-state index is -0.701. The minimum Gasteiger partial charge on any atom is -0.468 e. The number of hydrogen-bond acceptors (Lipinski definition) is 4. The van der Waals surface area contributed by atoms with Gasteiger partial charge in [0.2, 0.25) is 0 Å². The van der Waals surface area contributed by atoms with Crippen LogP contribution in [0.1, 0.15) is 5.69 Å². The number of pyridine rings is 1. The second kappa shape index (κ2) is 6.50. The Morgan fingerprint density at radius 3 is 2.65 bits per heavy atom. The summed E-state index contributed by atoms with van der Waals surface area (Å²) in [7, 11) is 1.32. The van der Waals surface area contributed by atoms with Gasteiger partial charge in [-0.15, -0.1) is 0 Å². The standard InChI is InChI=1S/C15H15ClN2O2/c1-20-15(19)13(17)9-12-3-2-4-14(18-12)10-5-7-11(16)8-6-10/h2-8,13H,9,17H2,1H3. The zero-order chi connectivity index (χ0) is 14.5. The summed E-state index contributed by atoms with van der Waals surface area (Å²) in [6.07, 6.45) is 0.341. The van der Waals surface area contributed by atoms with E-state index in [0.717, 1.165) is 17.0 Å². The maximum atomic E-state index is 11.3. The highest BCUT2D eigenvalue weighted by Gasteiger charge is 2.15. The fourth-order valence-corrected chi connectivity index (χ4v) is 1.96. The van der Waals surface area contributed by atoms with E-state index in [1.807, 2.05) is 42.5 Å². The zero-order valence-corrected chi connectivity index (χ0v) is 11.8. The van der Waals surface area contributed by atoms with Gasteiger partial charge in [0.1, 0.15) is 6.04 Å². The van der Waals surface area contributed by atoms with Crippen LogP contribution in [0.4, 0.5) is 0 Å². The van der Waals surface area contributed by atoms with Crippen LogP contribution in [0.3, 0.4) is 0 Å². The molecular formula is C15H15ClN2O2. The number of rotatable bonds is 4. The first-order valence-electron chi connectivity index (χ1n) is 6.15. The number of nitrogens with two attached hydrogens (primary N) is 1. The molecule has 0 spiro atoms. The van der Waals surface area contributed by atoms with Gasteiger partial charge in [0.25, 0.3) is 0 Å². The largest absolute Gasteiger partial charge is 0.468 e. The highest BCUT2D eigenvalue weighted by molar-refractivity contribution is 6.30. The molecule has 2 N–H and O–H groups in total. The highest BCUT2D eigenvalue weighted by atomic mass is 35.5. The van der Waals surface area contributed by atoms with Gasteiger partial charge in [0, 0.05) is 22.7 Å². The van der Waals surface area contributed by atoms with Gasteiger partial charge in [-0.2, -0.15) is 0 Å². The van der Waals surface area contributed by atoms with E-state index < -0.39 is 12.0 Å². The number of benzene rings is 1. The van der Waals surface area contributed by atoms with Crippen LogP contribution in [0.15, 0.2) is 42.5 Å². The maximum absolute atomic E-state index is 11.3. The van der Waals surface area contributed by atoms with Crippen molar-refractivity contribution in [3.8, 4) is 11.3 Å². The van der Waals surface area contributed by atoms with Crippen molar-refractivity contribution in [2.24, 2.45) is 5.73 Å². The van der Waals surface area contributed by atoms with Crippen LogP contribution >= 0.6 is 11.6 Å². The van der Waals surface area contributed by atoms with Crippen LogP contribution in [-0.4, -0.2) is 24.1 Å². The molecule has 104 valence electrons. The lowest BCUT2D eigenvalue weighted by Crippen LogP contribution is -2.33. The topological polar surface area (TPSA) is 65.2 Å². The molecule has 0 amide bonds. The second-order valence-electron chi connectivity index (χ2n) is 4.35. The molecule has 0 saturated heterocycles. The first kappa shape index (κ1) is 14.5. The van der Waals surface area contributed by atoms with Gasteiger partial charge in [-0.3, -0.25) is 9.78 Å². The van der Waals surface area contributed by atoms with Crippen molar-refractivity contribution in [2.75, 3.05) is 7.11 Å². The zero-order valence-electron chi connectivity index (χ0n) is 11.0. The van der Waals surface area contributed by atoms with E-state index in [-0.39, 0.29) is 0 Å². The van der Waals surface area contributed by atoms with E-state index in [4.69, 9.17) is 17.3 Å². The lowest BCUT2D eigenvalue weighted by Gasteiger charge is -2.09. The Morgan fingerprint density at radius 1 is 1.30 bits per heavy atom.